The fourth-order valence-corrected chi connectivity index (χ4v) is 0.649. The van der Waals surface area contributed by atoms with Crippen LogP contribution in [0, 0.1) is 0 Å². The molecular weight excluding hydrogens is 102 g/mol. The van der Waals surface area contributed by atoms with E-state index < -0.39 is 0 Å². The molecule has 0 saturated carbocycles. The molecule has 0 radical (unpaired) electrons. The van der Waals surface area contributed by atoms with Crippen LogP contribution in [0.15, 0.2) is 24.4 Å². The first-order chi connectivity index (χ1) is 3.71. The van der Waals surface area contributed by atoms with E-state index >= 15 is 0 Å². The minimum absolute atomic E-state index is 0.0174. The molecule has 0 bridgehead atoms. The van der Waals surface area contributed by atoms with Crippen molar-refractivity contribution < 1.29 is 9.85 Å². The van der Waals surface area contributed by atoms with Crippen molar-refractivity contribution in [1.29, 1.82) is 0 Å². The molecule has 0 spiro atoms. The molecule has 1 aliphatic heterocycles. The highest BCUT2D eigenvalue weighted by Gasteiger charge is 2.12. The average Bonchev–Trinajstić information content (AvgIpc) is 1.65. The summed E-state index contributed by atoms with van der Waals surface area (Å²) in [5, 5.41) is 9.17. The van der Waals surface area contributed by atoms with Gasteiger partial charge in [0.1, 0.15) is 19.8 Å². The number of likely N-dealkylation sites (N-methyl/N-ethyl adjacent to an activating group) is 1. The van der Waals surface area contributed by atoms with Crippen molar-refractivity contribution >= 4 is 0 Å². The van der Waals surface area contributed by atoms with Crippen LogP contribution in [0.5, 0.6) is 0 Å². The Hall–Kier alpha value is -0.600. The molecule has 44 valence electrons. The number of nitrogens with zero attached hydrogens (tertiary/aromatic N) is 1. The Morgan fingerprint density at radius 3 is 2.50 bits per heavy atom. The van der Waals surface area contributed by atoms with Gasteiger partial charge in [0, 0.05) is 0 Å². The smallest absolute Gasteiger partial charge is 0.132 e. The van der Waals surface area contributed by atoms with Crippen LogP contribution in [0.4, 0.5) is 0 Å². The number of hydroxylamine groups is 3. The van der Waals surface area contributed by atoms with E-state index in [1.54, 1.807) is 13.2 Å². The van der Waals surface area contributed by atoms with Gasteiger partial charge >= 0.3 is 0 Å². The predicted molar refractivity (Wildman–Crippen MR) is 31.1 cm³/mol. The first-order valence-electron chi connectivity index (χ1n) is 2.63. The summed E-state index contributed by atoms with van der Waals surface area (Å²) in [5.74, 6) is 0. The third-order valence-corrected chi connectivity index (χ3v) is 1.13. The Morgan fingerprint density at radius 2 is 2.25 bits per heavy atom. The van der Waals surface area contributed by atoms with Crippen molar-refractivity contribution in [2.24, 2.45) is 0 Å². The third kappa shape index (κ3) is 1.18. The lowest BCUT2D eigenvalue weighted by Crippen LogP contribution is -2.34. The molecule has 1 heterocycles. The largest absolute Gasteiger partial charge is 0.212 e. The lowest BCUT2D eigenvalue weighted by atomic mass is 10.4. The van der Waals surface area contributed by atoms with Gasteiger partial charge in [0.05, 0.1) is 0 Å². The summed E-state index contributed by atoms with van der Waals surface area (Å²) in [7, 11) is 1.74. The van der Waals surface area contributed by atoms with E-state index in [1.807, 2.05) is 18.2 Å². The van der Waals surface area contributed by atoms with Crippen molar-refractivity contribution in [2.45, 2.75) is 0 Å². The second-order valence-electron chi connectivity index (χ2n) is 2.17. The zero-order chi connectivity index (χ0) is 6.04. The Kier molecular flexibility index (Phi) is 1.19. The van der Waals surface area contributed by atoms with Gasteiger partial charge in [-0.3, -0.25) is 0 Å². The zero-order valence-electron chi connectivity index (χ0n) is 4.91. The summed E-state index contributed by atoms with van der Waals surface area (Å²) in [6.07, 6.45) is 7.43. The number of quaternary nitrogens is 1. The van der Waals surface area contributed by atoms with E-state index in [4.69, 9.17) is 0 Å². The van der Waals surface area contributed by atoms with Crippen LogP contribution in [0.1, 0.15) is 0 Å². The minimum atomic E-state index is -0.0174. The van der Waals surface area contributed by atoms with Gasteiger partial charge in [-0.05, 0) is 12.2 Å². The van der Waals surface area contributed by atoms with Crippen LogP contribution < -0.4 is 0 Å². The Bertz CT molecular complexity index is 135. The molecule has 1 unspecified atom stereocenters. The van der Waals surface area contributed by atoms with Crippen molar-refractivity contribution in [3.05, 3.63) is 24.4 Å². The normalized spacial score (nSPS) is 35.8. The number of hydrogen-bond acceptors (Lipinski definition) is 1. The Morgan fingerprint density at radius 1 is 1.50 bits per heavy atom. The van der Waals surface area contributed by atoms with Gasteiger partial charge in [0.25, 0.3) is 0 Å². The van der Waals surface area contributed by atoms with Gasteiger partial charge < -0.3 is 0 Å². The van der Waals surface area contributed by atoms with E-state index in [2.05, 4.69) is 0 Å². The number of rotatable bonds is 0. The second-order valence-corrected chi connectivity index (χ2v) is 2.17. The van der Waals surface area contributed by atoms with Crippen LogP contribution in [0.25, 0.3) is 0 Å². The van der Waals surface area contributed by atoms with Gasteiger partial charge in [-0.15, -0.1) is 0 Å². The molecule has 0 aromatic heterocycles. The standard InChI is InChI=1S/C6H10NO/c1-7(8)5-3-2-4-6-7/h2-5,8H,6H2,1H3/q+1. The monoisotopic (exact) mass is 112 g/mol. The summed E-state index contributed by atoms with van der Waals surface area (Å²) in [6.45, 7) is 0.677. The summed E-state index contributed by atoms with van der Waals surface area (Å²) in [4.78, 5) is 0. The molecule has 2 heteroatoms. The highest BCUT2D eigenvalue weighted by molar-refractivity contribution is 5.02. The Balaban J connectivity index is 2.65. The molecule has 0 fully saturated rings. The summed E-state index contributed by atoms with van der Waals surface area (Å²) < 4.78 is -0.0174. The molecule has 0 aromatic carbocycles. The van der Waals surface area contributed by atoms with E-state index in [1.165, 1.54) is 0 Å². The second kappa shape index (κ2) is 1.73. The average molecular weight is 112 g/mol. The summed E-state index contributed by atoms with van der Waals surface area (Å²) in [6, 6.07) is 0. The molecule has 0 saturated heterocycles. The topological polar surface area (TPSA) is 20.2 Å². The van der Waals surface area contributed by atoms with Crippen LogP contribution in [-0.4, -0.2) is 23.4 Å². The maximum Gasteiger partial charge on any atom is 0.132 e. The summed E-state index contributed by atoms with van der Waals surface area (Å²) in [5.41, 5.74) is 0. The van der Waals surface area contributed by atoms with Crippen molar-refractivity contribution in [2.75, 3.05) is 13.6 Å². The molecule has 0 aromatic rings. The molecule has 1 aliphatic rings. The first-order valence-corrected chi connectivity index (χ1v) is 2.63. The molecule has 1 rings (SSSR count). The van der Waals surface area contributed by atoms with Crippen molar-refractivity contribution in [1.82, 2.24) is 0 Å². The lowest BCUT2D eigenvalue weighted by molar-refractivity contribution is -1.04. The predicted octanol–water partition coefficient (Wildman–Crippen LogP) is 0.906. The van der Waals surface area contributed by atoms with Gasteiger partial charge in [0.15, 0.2) is 0 Å². The maximum atomic E-state index is 9.17. The van der Waals surface area contributed by atoms with E-state index in [0.717, 1.165) is 0 Å². The maximum absolute atomic E-state index is 9.17. The SMILES string of the molecule is C[N+]1(O)C=CC=CC1. The molecule has 8 heavy (non-hydrogen) atoms. The van der Waals surface area contributed by atoms with Crippen molar-refractivity contribution in [3.8, 4) is 0 Å². The summed E-state index contributed by atoms with van der Waals surface area (Å²) >= 11 is 0. The lowest BCUT2D eigenvalue weighted by Gasteiger charge is -2.19. The highest BCUT2D eigenvalue weighted by Crippen LogP contribution is 2.02. The van der Waals surface area contributed by atoms with Crippen LogP contribution in [0.3, 0.4) is 0 Å². The fourth-order valence-electron chi connectivity index (χ4n) is 0.649. The Labute approximate surface area is 48.9 Å². The van der Waals surface area contributed by atoms with Gasteiger partial charge in [-0.2, -0.15) is 4.65 Å². The molecule has 2 nitrogen and oxygen atoms in total. The van der Waals surface area contributed by atoms with Crippen molar-refractivity contribution in [3.63, 3.8) is 0 Å². The van der Waals surface area contributed by atoms with E-state index in [-0.39, 0.29) is 4.65 Å². The van der Waals surface area contributed by atoms with Gasteiger partial charge in [0.2, 0.25) is 0 Å². The third-order valence-electron chi connectivity index (χ3n) is 1.13. The van der Waals surface area contributed by atoms with Gasteiger partial charge in [-0.25, -0.2) is 5.21 Å². The quantitative estimate of drug-likeness (QED) is 0.462. The first kappa shape index (κ1) is 5.54. The minimum Gasteiger partial charge on any atom is -0.212 e. The van der Waals surface area contributed by atoms with E-state index in [0.29, 0.717) is 6.54 Å². The van der Waals surface area contributed by atoms with Crippen LogP contribution in [-0.2, 0) is 0 Å². The highest BCUT2D eigenvalue weighted by atomic mass is 16.5. The molecule has 0 amide bonds. The molecule has 1 atom stereocenters. The number of hydrogen-bond donors (Lipinski definition) is 1. The molecule has 0 aliphatic carbocycles. The molecule has 1 N–H and O–H groups in total. The van der Waals surface area contributed by atoms with E-state index in [9.17, 15) is 5.21 Å². The van der Waals surface area contributed by atoms with Gasteiger partial charge in [-0.1, -0.05) is 6.08 Å². The molecular formula is C6H10NO+. The number of allylic oxidation sites excluding steroid dienone is 2. The zero-order valence-corrected chi connectivity index (χ0v) is 4.91. The van der Waals surface area contributed by atoms with Crippen LogP contribution >= 0.6 is 0 Å². The van der Waals surface area contributed by atoms with Crippen LogP contribution in [0.2, 0.25) is 0 Å². The fraction of sp³-hybridized carbons (Fsp3) is 0.333.